The van der Waals surface area contributed by atoms with Gasteiger partial charge in [-0.15, -0.1) is 5.10 Å². The second kappa shape index (κ2) is 11.6. The van der Waals surface area contributed by atoms with Gasteiger partial charge in [-0.25, -0.2) is 9.97 Å². The Morgan fingerprint density at radius 2 is 1.56 bits per heavy atom. The smallest absolute Gasteiger partial charge is 0.220 e. The van der Waals surface area contributed by atoms with E-state index in [2.05, 4.69) is 25.5 Å². The Morgan fingerprint density at radius 3 is 2.24 bits per heavy atom. The maximum atomic E-state index is 5.91. The van der Waals surface area contributed by atoms with E-state index in [0.29, 0.717) is 53.6 Å². The first-order chi connectivity index (χ1) is 16.7. The van der Waals surface area contributed by atoms with Gasteiger partial charge in [-0.2, -0.15) is 4.68 Å². The molecule has 12 heteroatoms. The van der Waals surface area contributed by atoms with E-state index in [1.807, 2.05) is 36.4 Å². The van der Waals surface area contributed by atoms with Crippen molar-refractivity contribution in [1.82, 2.24) is 30.2 Å². The molecular weight excluding hydrogens is 460 g/mol. The number of fused-ring (bicyclic) bond motifs is 1. The second-order valence-corrected chi connectivity index (χ2v) is 7.81. The van der Waals surface area contributed by atoms with Crippen LogP contribution in [0.25, 0.3) is 16.6 Å². The van der Waals surface area contributed by atoms with Gasteiger partial charge < -0.3 is 23.7 Å². The van der Waals surface area contributed by atoms with Crippen LogP contribution in [0.5, 0.6) is 17.2 Å². The van der Waals surface area contributed by atoms with Crippen LogP contribution in [0.15, 0.2) is 52.9 Å². The van der Waals surface area contributed by atoms with Crippen LogP contribution in [0.4, 0.5) is 0 Å². The first-order valence-corrected chi connectivity index (χ1v) is 11.2. The average molecular weight is 485 g/mol. The van der Waals surface area contributed by atoms with Crippen LogP contribution in [0.1, 0.15) is 0 Å². The molecule has 0 amide bonds. The van der Waals surface area contributed by atoms with E-state index in [4.69, 9.17) is 23.7 Å². The largest absolute Gasteiger partial charge is 0.497 e. The van der Waals surface area contributed by atoms with Gasteiger partial charge in [0.25, 0.3) is 0 Å². The van der Waals surface area contributed by atoms with E-state index in [1.165, 1.54) is 18.1 Å². The predicted molar refractivity (Wildman–Crippen MR) is 124 cm³/mol. The summed E-state index contributed by atoms with van der Waals surface area (Å²) in [7, 11) is 4.86. The molecule has 178 valence electrons. The van der Waals surface area contributed by atoms with Crippen molar-refractivity contribution < 1.29 is 23.7 Å². The van der Waals surface area contributed by atoms with Crippen molar-refractivity contribution in [2.45, 2.75) is 10.2 Å². The van der Waals surface area contributed by atoms with Gasteiger partial charge in [0.2, 0.25) is 5.16 Å². The molecule has 0 saturated carbocycles. The summed E-state index contributed by atoms with van der Waals surface area (Å²) >= 11 is 1.32. The Labute approximate surface area is 200 Å². The third-order valence-electron chi connectivity index (χ3n) is 4.70. The van der Waals surface area contributed by atoms with E-state index in [1.54, 1.807) is 26.0 Å². The van der Waals surface area contributed by atoms with E-state index in [-0.39, 0.29) is 0 Å². The number of hydrogen-bond acceptors (Lipinski definition) is 11. The summed E-state index contributed by atoms with van der Waals surface area (Å²) in [4.78, 5) is 8.88. The highest BCUT2D eigenvalue weighted by molar-refractivity contribution is 7.99. The van der Waals surface area contributed by atoms with E-state index < -0.39 is 0 Å². The first-order valence-electron chi connectivity index (χ1n) is 10.4. The quantitative estimate of drug-likeness (QED) is 0.218. The summed E-state index contributed by atoms with van der Waals surface area (Å²) < 4.78 is 28.8. The lowest BCUT2D eigenvalue weighted by molar-refractivity contribution is 0.132. The zero-order chi connectivity index (χ0) is 23.8. The number of tetrazole rings is 1. The predicted octanol–water partition coefficient (Wildman–Crippen LogP) is 2.82. The van der Waals surface area contributed by atoms with Gasteiger partial charge in [-0.1, -0.05) is 0 Å². The molecule has 0 aliphatic rings. The highest BCUT2D eigenvalue weighted by atomic mass is 32.2. The number of hydrogen-bond donors (Lipinski definition) is 0. The Kier molecular flexibility index (Phi) is 8.07. The summed E-state index contributed by atoms with van der Waals surface area (Å²) in [5.74, 6) is 1.88. The Bertz CT molecular complexity index is 1220. The van der Waals surface area contributed by atoms with E-state index in [0.717, 1.165) is 16.8 Å². The molecule has 0 bridgehead atoms. The molecule has 0 fully saturated rings. The summed E-state index contributed by atoms with van der Waals surface area (Å²) in [6.45, 7) is 1.65. The molecule has 0 atom stereocenters. The van der Waals surface area contributed by atoms with Crippen LogP contribution in [0, 0.1) is 0 Å². The second-order valence-electron chi connectivity index (χ2n) is 6.85. The lowest BCUT2D eigenvalue weighted by Crippen LogP contribution is -2.09. The number of nitrogens with zero attached hydrogens (tertiary/aromatic N) is 6. The van der Waals surface area contributed by atoms with Crippen molar-refractivity contribution in [1.29, 1.82) is 0 Å². The number of methoxy groups -OCH3 is 3. The molecular formula is C22H24N6O5S. The van der Waals surface area contributed by atoms with Crippen molar-refractivity contribution >= 4 is 22.7 Å². The van der Waals surface area contributed by atoms with Crippen molar-refractivity contribution in [2.75, 3.05) is 47.8 Å². The highest BCUT2D eigenvalue weighted by Gasteiger charge is 2.17. The number of rotatable bonds is 12. The SMILES string of the molecule is COCCOc1cc2ncnc(Sc3nnnn3-c3ccc(OC)cc3)c2cc1OCCOC. The highest BCUT2D eigenvalue weighted by Crippen LogP contribution is 2.37. The average Bonchev–Trinajstić information content (AvgIpc) is 3.33. The summed E-state index contributed by atoms with van der Waals surface area (Å²) in [6, 6.07) is 11.1. The third kappa shape index (κ3) is 5.53. The van der Waals surface area contributed by atoms with Crippen LogP contribution < -0.4 is 14.2 Å². The van der Waals surface area contributed by atoms with E-state index >= 15 is 0 Å². The van der Waals surface area contributed by atoms with Crippen molar-refractivity contribution in [3.05, 3.63) is 42.7 Å². The fourth-order valence-corrected chi connectivity index (χ4v) is 3.88. The molecule has 4 rings (SSSR count). The zero-order valence-electron chi connectivity index (χ0n) is 19.0. The fourth-order valence-electron chi connectivity index (χ4n) is 3.03. The first kappa shape index (κ1) is 23.7. The molecule has 2 heterocycles. The van der Waals surface area contributed by atoms with Crippen LogP contribution in [-0.2, 0) is 9.47 Å². The van der Waals surface area contributed by atoms with Gasteiger partial charge in [0, 0.05) is 25.7 Å². The van der Waals surface area contributed by atoms with Crippen LogP contribution in [0.3, 0.4) is 0 Å². The molecule has 34 heavy (non-hydrogen) atoms. The maximum Gasteiger partial charge on any atom is 0.220 e. The Hall–Kier alpha value is -3.48. The Balaban J connectivity index is 1.66. The van der Waals surface area contributed by atoms with Crippen LogP contribution in [-0.4, -0.2) is 77.9 Å². The topological polar surface area (TPSA) is 116 Å². The zero-order valence-corrected chi connectivity index (χ0v) is 19.8. The van der Waals surface area contributed by atoms with Crippen molar-refractivity contribution in [3.63, 3.8) is 0 Å². The minimum Gasteiger partial charge on any atom is -0.497 e. The maximum absolute atomic E-state index is 5.91. The molecule has 11 nitrogen and oxygen atoms in total. The van der Waals surface area contributed by atoms with Crippen molar-refractivity contribution in [2.24, 2.45) is 0 Å². The molecule has 0 spiro atoms. The van der Waals surface area contributed by atoms with Gasteiger partial charge in [0.1, 0.15) is 30.3 Å². The molecule has 0 N–H and O–H groups in total. The molecule has 2 aromatic heterocycles. The fraction of sp³-hybridized carbons (Fsp3) is 0.318. The van der Waals surface area contributed by atoms with Crippen molar-refractivity contribution in [3.8, 4) is 22.9 Å². The molecule has 0 radical (unpaired) electrons. The monoisotopic (exact) mass is 484 g/mol. The third-order valence-corrected chi connectivity index (χ3v) is 5.66. The van der Waals surface area contributed by atoms with E-state index in [9.17, 15) is 0 Å². The molecule has 4 aromatic rings. The standard InChI is InChI=1S/C22H24N6O5S/c1-29-8-10-32-19-12-17-18(13-20(19)33-11-9-30-2)23-14-24-21(17)34-22-25-26-27-28(22)15-4-6-16(31-3)7-5-15/h4-7,12-14H,8-11H2,1-3H3. The molecule has 2 aromatic carbocycles. The normalized spacial score (nSPS) is 11.0. The minimum atomic E-state index is 0.370. The summed E-state index contributed by atoms with van der Waals surface area (Å²) in [5.41, 5.74) is 1.50. The number of benzene rings is 2. The lowest BCUT2D eigenvalue weighted by atomic mass is 10.2. The molecule has 0 aliphatic carbocycles. The van der Waals surface area contributed by atoms with Gasteiger partial charge >= 0.3 is 0 Å². The van der Waals surface area contributed by atoms with Gasteiger partial charge in [-0.05, 0) is 52.5 Å². The lowest BCUT2D eigenvalue weighted by Gasteiger charge is -2.14. The summed E-state index contributed by atoms with van der Waals surface area (Å²) in [5, 5.41) is 14.1. The van der Waals surface area contributed by atoms with Crippen LogP contribution in [0.2, 0.25) is 0 Å². The molecule has 0 aliphatic heterocycles. The minimum absolute atomic E-state index is 0.370. The molecule has 0 saturated heterocycles. The van der Waals surface area contributed by atoms with Gasteiger partial charge in [-0.3, -0.25) is 0 Å². The summed E-state index contributed by atoms with van der Waals surface area (Å²) in [6.07, 6.45) is 1.50. The van der Waals surface area contributed by atoms with Gasteiger partial charge in [0.05, 0.1) is 31.5 Å². The number of ether oxygens (including phenoxy) is 5. The van der Waals surface area contributed by atoms with Gasteiger partial charge in [0.15, 0.2) is 11.5 Å². The number of aromatic nitrogens is 6. The Morgan fingerprint density at radius 1 is 0.853 bits per heavy atom. The van der Waals surface area contributed by atoms with Crippen LogP contribution >= 0.6 is 11.8 Å². The molecule has 0 unspecified atom stereocenters.